The van der Waals surface area contributed by atoms with Gasteiger partial charge in [-0.05, 0) is 25.8 Å². The van der Waals surface area contributed by atoms with Crippen molar-refractivity contribution in [1.82, 2.24) is 29.5 Å². The summed E-state index contributed by atoms with van der Waals surface area (Å²) in [4.78, 5) is 49.9. The highest BCUT2D eigenvalue weighted by Crippen LogP contribution is 2.34. The second-order valence-electron chi connectivity index (χ2n) is 9.29. The Hall–Kier alpha value is -2.97. The van der Waals surface area contributed by atoms with Crippen molar-refractivity contribution < 1.29 is 9.59 Å². The molecule has 9 nitrogen and oxygen atoms in total. The fourth-order valence-electron chi connectivity index (χ4n) is 4.43. The first-order valence-electron chi connectivity index (χ1n) is 10.9. The molecule has 0 aliphatic carbocycles. The zero-order valence-electron chi connectivity index (χ0n) is 18.6. The maximum atomic E-state index is 12.9. The molecule has 1 fully saturated rings. The molecule has 0 aromatic carbocycles. The molecule has 1 N–H and O–H groups in total. The predicted molar refractivity (Wildman–Crippen MR) is 114 cm³/mol. The third-order valence-electron chi connectivity index (χ3n) is 6.08. The summed E-state index contributed by atoms with van der Waals surface area (Å²) in [5.41, 5.74) is 1.06. The van der Waals surface area contributed by atoms with Crippen LogP contribution in [0.15, 0.2) is 17.1 Å². The first kappa shape index (κ1) is 21.3. The molecule has 2 aliphatic rings. The molecule has 0 bridgehead atoms. The van der Waals surface area contributed by atoms with Gasteiger partial charge in [-0.2, -0.15) is 5.10 Å². The highest BCUT2D eigenvalue weighted by molar-refractivity contribution is 5.92. The average Bonchev–Trinajstić information content (AvgIpc) is 3.41. The normalized spacial score (nSPS) is 18.9. The standard InChI is InChI=1S/C22H30N6O3/c1-5-28-17(8-10-23-28)20(30)26-12-9-15-14(13-26)19(29)25-18(24-15)16-7-6-11-27(16)21(31)22(2,3)4/h8,10,16H,5-7,9,11-13H2,1-4H3,(H,24,25,29)/t16-/m0/s1. The topological polar surface area (TPSA) is 104 Å². The number of likely N-dealkylation sites (tertiary alicyclic amines) is 1. The Balaban J connectivity index is 1.58. The summed E-state index contributed by atoms with van der Waals surface area (Å²) < 4.78 is 1.66. The van der Waals surface area contributed by atoms with E-state index in [0.29, 0.717) is 43.1 Å². The predicted octanol–water partition coefficient (Wildman–Crippen LogP) is 1.89. The van der Waals surface area contributed by atoms with E-state index in [0.717, 1.165) is 18.5 Å². The van der Waals surface area contributed by atoms with E-state index in [1.807, 2.05) is 32.6 Å². The summed E-state index contributed by atoms with van der Waals surface area (Å²) in [6.07, 6.45) is 3.80. The largest absolute Gasteiger partial charge is 0.332 e. The van der Waals surface area contributed by atoms with Crippen LogP contribution in [0, 0.1) is 5.41 Å². The van der Waals surface area contributed by atoms with Gasteiger partial charge < -0.3 is 14.8 Å². The number of aryl methyl sites for hydroxylation is 1. The molecule has 4 rings (SSSR count). The molecule has 2 aromatic heterocycles. The van der Waals surface area contributed by atoms with Gasteiger partial charge in [-0.25, -0.2) is 4.98 Å². The second-order valence-corrected chi connectivity index (χ2v) is 9.29. The van der Waals surface area contributed by atoms with E-state index in [1.165, 1.54) is 0 Å². The van der Waals surface area contributed by atoms with Crippen LogP contribution in [0.1, 0.15) is 74.1 Å². The van der Waals surface area contributed by atoms with Gasteiger partial charge in [0.1, 0.15) is 11.5 Å². The summed E-state index contributed by atoms with van der Waals surface area (Å²) in [7, 11) is 0. The van der Waals surface area contributed by atoms with Crippen LogP contribution in [-0.4, -0.2) is 54.5 Å². The van der Waals surface area contributed by atoms with E-state index in [1.54, 1.807) is 21.8 Å². The van der Waals surface area contributed by atoms with Crippen molar-refractivity contribution in [3.63, 3.8) is 0 Å². The van der Waals surface area contributed by atoms with Crippen LogP contribution in [0.25, 0.3) is 0 Å². The highest BCUT2D eigenvalue weighted by atomic mass is 16.2. The highest BCUT2D eigenvalue weighted by Gasteiger charge is 2.37. The van der Waals surface area contributed by atoms with Gasteiger partial charge in [0.25, 0.3) is 11.5 Å². The summed E-state index contributed by atoms with van der Waals surface area (Å²) in [5, 5.41) is 4.16. The van der Waals surface area contributed by atoms with Crippen molar-refractivity contribution in [3.8, 4) is 0 Å². The summed E-state index contributed by atoms with van der Waals surface area (Å²) in [6, 6.07) is 1.50. The minimum atomic E-state index is -0.483. The molecule has 4 heterocycles. The second kappa shape index (κ2) is 7.94. The van der Waals surface area contributed by atoms with Crippen molar-refractivity contribution in [2.24, 2.45) is 5.41 Å². The first-order chi connectivity index (χ1) is 14.7. The third-order valence-corrected chi connectivity index (χ3v) is 6.08. The zero-order valence-corrected chi connectivity index (χ0v) is 18.6. The van der Waals surface area contributed by atoms with Crippen LogP contribution in [0.5, 0.6) is 0 Å². The number of aromatic nitrogens is 4. The number of nitrogens with one attached hydrogen (secondary N) is 1. The van der Waals surface area contributed by atoms with Gasteiger partial charge in [0.2, 0.25) is 5.91 Å². The van der Waals surface area contributed by atoms with Gasteiger partial charge in [-0.15, -0.1) is 0 Å². The number of fused-ring (bicyclic) bond motifs is 1. The molecule has 2 aliphatic heterocycles. The molecule has 1 atom stereocenters. The lowest BCUT2D eigenvalue weighted by atomic mass is 9.94. The van der Waals surface area contributed by atoms with E-state index >= 15 is 0 Å². The number of aromatic amines is 1. The number of hydrogen-bond donors (Lipinski definition) is 1. The molecule has 2 amide bonds. The van der Waals surface area contributed by atoms with Crippen LogP contribution >= 0.6 is 0 Å². The molecular weight excluding hydrogens is 396 g/mol. The Labute approximate surface area is 181 Å². The summed E-state index contributed by atoms with van der Waals surface area (Å²) >= 11 is 0. The molecule has 0 spiro atoms. The number of carbonyl (C=O) groups is 2. The van der Waals surface area contributed by atoms with Gasteiger partial charge >= 0.3 is 0 Å². The van der Waals surface area contributed by atoms with Crippen molar-refractivity contribution in [3.05, 3.63) is 45.4 Å². The molecule has 1 saturated heterocycles. The Morgan fingerprint density at radius 3 is 2.74 bits per heavy atom. The van der Waals surface area contributed by atoms with Crippen molar-refractivity contribution >= 4 is 11.8 Å². The SMILES string of the molecule is CCn1nccc1C(=O)N1CCc2nc([C@@H]3CCCN3C(=O)C(C)(C)C)[nH]c(=O)c2C1. The first-order valence-corrected chi connectivity index (χ1v) is 10.9. The molecule has 31 heavy (non-hydrogen) atoms. The number of H-pyrrole nitrogens is 1. The smallest absolute Gasteiger partial charge is 0.272 e. The molecule has 2 aromatic rings. The van der Waals surface area contributed by atoms with Gasteiger partial charge in [-0.1, -0.05) is 20.8 Å². The van der Waals surface area contributed by atoms with Gasteiger partial charge in [0.05, 0.1) is 23.8 Å². The van der Waals surface area contributed by atoms with Crippen molar-refractivity contribution in [1.29, 1.82) is 0 Å². The van der Waals surface area contributed by atoms with E-state index in [9.17, 15) is 14.4 Å². The minimum Gasteiger partial charge on any atom is -0.332 e. The van der Waals surface area contributed by atoms with Gasteiger partial charge in [0, 0.05) is 37.7 Å². The summed E-state index contributed by atoms with van der Waals surface area (Å²) in [6.45, 7) is 9.65. The number of carbonyl (C=O) groups excluding carboxylic acids is 2. The number of nitrogens with zero attached hydrogens (tertiary/aromatic N) is 5. The quantitative estimate of drug-likeness (QED) is 0.807. The van der Waals surface area contributed by atoms with E-state index in [2.05, 4.69) is 10.1 Å². The van der Waals surface area contributed by atoms with Crippen LogP contribution < -0.4 is 5.56 Å². The Morgan fingerprint density at radius 2 is 2.03 bits per heavy atom. The molecule has 0 unspecified atom stereocenters. The average molecular weight is 427 g/mol. The number of hydrogen-bond acceptors (Lipinski definition) is 5. The van der Waals surface area contributed by atoms with Crippen LogP contribution in [0.3, 0.4) is 0 Å². The van der Waals surface area contributed by atoms with Crippen LogP contribution in [-0.2, 0) is 24.3 Å². The molecule has 0 radical (unpaired) electrons. The third kappa shape index (κ3) is 3.88. The van der Waals surface area contributed by atoms with Crippen LogP contribution in [0.2, 0.25) is 0 Å². The zero-order chi connectivity index (χ0) is 22.3. The lowest BCUT2D eigenvalue weighted by Crippen LogP contribution is -2.42. The minimum absolute atomic E-state index is 0.0691. The Morgan fingerprint density at radius 1 is 1.26 bits per heavy atom. The van der Waals surface area contributed by atoms with E-state index < -0.39 is 5.41 Å². The van der Waals surface area contributed by atoms with Crippen LogP contribution in [0.4, 0.5) is 0 Å². The Kier molecular flexibility index (Phi) is 5.45. The maximum Gasteiger partial charge on any atom is 0.272 e. The van der Waals surface area contributed by atoms with Gasteiger partial charge in [-0.3, -0.25) is 19.1 Å². The summed E-state index contributed by atoms with van der Waals surface area (Å²) in [5.74, 6) is 0.494. The monoisotopic (exact) mass is 426 g/mol. The lowest BCUT2D eigenvalue weighted by Gasteiger charge is -2.31. The van der Waals surface area contributed by atoms with E-state index in [4.69, 9.17) is 4.98 Å². The molecule has 0 saturated carbocycles. The Bertz CT molecular complexity index is 1060. The van der Waals surface area contributed by atoms with Crippen molar-refractivity contribution in [2.75, 3.05) is 13.1 Å². The van der Waals surface area contributed by atoms with Gasteiger partial charge in [0.15, 0.2) is 0 Å². The van der Waals surface area contributed by atoms with Crippen molar-refractivity contribution in [2.45, 2.75) is 66.1 Å². The maximum absolute atomic E-state index is 12.9. The van der Waals surface area contributed by atoms with E-state index in [-0.39, 0.29) is 30.0 Å². The number of amides is 2. The fourth-order valence-corrected chi connectivity index (χ4v) is 4.43. The fraction of sp³-hybridized carbons (Fsp3) is 0.591. The number of rotatable bonds is 3. The molecule has 166 valence electrons. The molecule has 9 heteroatoms. The lowest BCUT2D eigenvalue weighted by molar-refractivity contribution is -0.140. The molecular formula is C22H30N6O3.